The highest BCUT2D eigenvalue weighted by Crippen LogP contribution is 2.52. The first-order valence-corrected chi connectivity index (χ1v) is 9.91. The molecule has 0 bridgehead atoms. The van der Waals surface area contributed by atoms with Gasteiger partial charge in [-0.1, -0.05) is 26.8 Å². The number of halogens is 2. The van der Waals surface area contributed by atoms with Gasteiger partial charge in [0.05, 0.1) is 5.41 Å². The number of fused-ring (bicyclic) bond motifs is 2. The third kappa shape index (κ3) is 3.09. The quantitative estimate of drug-likeness (QED) is 0.578. The minimum absolute atomic E-state index is 0. The highest BCUT2D eigenvalue weighted by molar-refractivity contribution is 6.02. The summed E-state index contributed by atoms with van der Waals surface area (Å²) in [7, 11) is 0. The second-order valence-electron chi connectivity index (χ2n) is 9.10. The first kappa shape index (κ1) is 18.9. The molecule has 2 heterocycles. The van der Waals surface area contributed by atoms with Gasteiger partial charge in [-0.05, 0) is 54.8 Å². The minimum Gasteiger partial charge on any atom is -0.395 e. The van der Waals surface area contributed by atoms with Gasteiger partial charge in [0.2, 0.25) is 5.91 Å². The van der Waals surface area contributed by atoms with Crippen LogP contribution in [-0.2, 0) is 15.6 Å². The van der Waals surface area contributed by atoms with Gasteiger partial charge in [0, 0.05) is 29.1 Å². The monoisotopic (exact) mass is 414 g/mol. The zero-order chi connectivity index (χ0) is 21.3. The summed E-state index contributed by atoms with van der Waals surface area (Å²) < 4.78 is 35.6. The Morgan fingerprint density at radius 2 is 1.80 bits per heavy atom. The molecule has 30 heavy (non-hydrogen) atoms. The Hall–Kier alpha value is -3.09. The van der Waals surface area contributed by atoms with Crippen LogP contribution in [0.4, 0.5) is 14.5 Å². The van der Waals surface area contributed by atoms with Crippen LogP contribution in [0.2, 0.25) is 0 Å². The maximum absolute atomic E-state index is 13.3. The molecule has 1 aromatic heterocycles. The number of rotatable bonds is 3. The van der Waals surface area contributed by atoms with Crippen molar-refractivity contribution in [1.29, 1.82) is 0 Å². The zero-order valence-electron chi connectivity index (χ0n) is 16.9. The van der Waals surface area contributed by atoms with E-state index in [1.165, 1.54) is 12.1 Å². The first-order chi connectivity index (χ1) is 14.1. The molecule has 0 atom stereocenters. The molecule has 0 unspecified atom stereocenters. The van der Waals surface area contributed by atoms with Crippen molar-refractivity contribution in [3.63, 3.8) is 0 Å². The van der Waals surface area contributed by atoms with E-state index in [9.17, 15) is 13.6 Å². The van der Waals surface area contributed by atoms with Crippen LogP contribution in [0.5, 0.6) is 11.5 Å². The maximum Gasteiger partial charge on any atom is 0.586 e. The van der Waals surface area contributed by atoms with E-state index in [4.69, 9.17) is 0 Å². The Labute approximate surface area is 173 Å². The maximum atomic E-state index is 13.3. The number of H-pyrrole nitrogens is 1. The minimum atomic E-state index is -3.67. The normalized spacial score (nSPS) is 18.4. The van der Waals surface area contributed by atoms with E-state index in [2.05, 4.69) is 46.6 Å². The number of hydrogen-bond donors (Lipinski definition) is 2. The summed E-state index contributed by atoms with van der Waals surface area (Å²) in [5, 5.41) is 4.02. The summed E-state index contributed by atoms with van der Waals surface area (Å²) in [6.07, 6.45) is -2.37. The van der Waals surface area contributed by atoms with Crippen LogP contribution in [-0.4, -0.2) is 17.2 Å². The summed E-state index contributed by atoms with van der Waals surface area (Å²) in [5.41, 5.74) is 2.74. The van der Waals surface area contributed by atoms with Crippen molar-refractivity contribution in [2.75, 3.05) is 5.32 Å². The Bertz CT molecular complexity index is 1180. The summed E-state index contributed by atoms with van der Waals surface area (Å²) >= 11 is 0. The topological polar surface area (TPSA) is 63.4 Å². The summed E-state index contributed by atoms with van der Waals surface area (Å²) in [6.45, 7) is 6.41. The number of aromatic nitrogens is 1. The van der Waals surface area contributed by atoms with Gasteiger partial charge in [0.25, 0.3) is 0 Å². The largest absolute Gasteiger partial charge is 0.586 e. The van der Waals surface area contributed by atoms with Crippen molar-refractivity contribution < 1.29 is 24.5 Å². The van der Waals surface area contributed by atoms with Gasteiger partial charge in [0.1, 0.15) is 0 Å². The second-order valence-corrected chi connectivity index (χ2v) is 9.10. The summed E-state index contributed by atoms with van der Waals surface area (Å²) in [5.74, 6) is -0.216. The number of anilines is 1. The van der Waals surface area contributed by atoms with Crippen LogP contribution < -0.4 is 14.8 Å². The molecule has 1 amide bonds. The van der Waals surface area contributed by atoms with E-state index in [1.54, 1.807) is 6.07 Å². The van der Waals surface area contributed by atoms with E-state index in [1.807, 2.05) is 18.2 Å². The van der Waals surface area contributed by atoms with Gasteiger partial charge in [-0.2, -0.15) is 0 Å². The lowest BCUT2D eigenvalue weighted by atomic mass is 9.92. The van der Waals surface area contributed by atoms with E-state index in [0.717, 1.165) is 16.6 Å². The predicted molar refractivity (Wildman–Crippen MR) is 111 cm³/mol. The Kier molecular flexibility index (Phi) is 3.76. The molecule has 2 N–H and O–H groups in total. The van der Waals surface area contributed by atoms with Crippen molar-refractivity contribution in [2.45, 2.75) is 50.7 Å². The average Bonchev–Trinajstić information content (AvgIpc) is 3.24. The van der Waals surface area contributed by atoms with Crippen LogP contribution in [0, 0.1) is 0 Å². The fourth-order valence-corrected chi connectivity index (χ4v) is 3.88. The van der Waals surface area contributed by atoms with Crippen molar-refractivity contribution in [1.82, 2.24) is 4.98 Å². The number of hydrogen-bond acceptors (Lipinski definition) is 3. The second kappa shape index (κ2) is 5.97. The molecule has 7 heteroatoms. The Morgan fingerprint density at radius 1 is 1.07 bits per heavy atom. The van der Waals surface area contributed by atoms with Crippen molar-refractivity contribution in [3.8, 4) is 11.5 Å². The number of carbonyl (C=O) groups is 1. The predicted octanol–water partition coefficient (Wildman–Crippen LogP) is 5.70. The molecule has 1 saturated carbocycles. The third-order valence-corrected chi connectivity index (χ3v) is 5.83. The van der Waals surface area contributed by atoms with Gasteiger partial charge in [-0.3, -0.25) is 4.79 Å². The van der Waals surface area contributed by atoms with Crippen LogP contribution in [0.25, 0.3) is 10.9 Å². The lowest BCUT2D eigenvalue weighted by Gasteiger charge is -2.16. The molecule has 2 aromatic carbocycles. The van der Waals surface area contributed by atoms with Crippen molar-refractivity contribution >= 4 is 22.5 Å². The van der Waals surface area contributed by atoms with Gasteiger partial charge in [-0.25, -0.2) is 0 Å². The molecule has 1 aliphatic carbocycles. The van der Waals surface area contributed by atoms with E-state index in [-0.39, 0.29) is 24.2 Å². The van der Waals surface area contributed by atoms with Crippen LogP contribution >= 0.6 is 0 Å². The first-order valence-electron chi connectivity index (χ1n) is 9.91. The van der Waals surface area contributed by atoms with Crippen molar-refractivity contribution in [3.05, 3.63) is 53.7 Å². The summed E-state index contributed by atoms with van der Waals surface area (Å²) in [6, 6.07) is 12.4. The molecule has 1 aliphatic heterocycles. The van der Waals surface area contributed by atoms with E-state index >= 15 is 0 Å². The van der Waals surface area contributed by atoms with Crippen LogP contribution in [0.15, 0.2) is 42.5 Å². The smallest absolute Gasteiger partial charge is 0.395 e. The number of benzene rings is 2. The molecular weight excluding hydrogens is 390 g/mol. The lowest BCUT2D eigenvalue weighted by molar-refractivity contribution is -0.286. The number of nitrogens with one attached hydrogen (secondary N) is 2. The van der Waals surface area contributed by atoms with Crippen LogP contribution in [0.3, 0.4) is 0 Å². The SMILES string of the molecule is CC(C)(C)c1cc2cc(NC(=O)C3(c4ccc5c(c4)OC(F)(F)O5)CC3)ccc2[nH]1.[HH]. The molecule has 3 aromatic rings. The number of aromatic amines is 1. The van der Waals surface area contributed by atoms with E-state index < -0.39 is 11.7 Å². The third-order valence-electron chi connectivity index (χ3n) is 5.83. The molecule has 0 spiro atoms. The highest BCUT2D eigenvalue weighted by atomic mass is 19.3. The standard InChI is InChI=1S/C23H22F2N2O3.H2/c1-21(2,3)19-11-13-10-15(5-6-16(13)27-19)26-20(28)22(8-9-22)14-4-7-17-18(12-14)30-23(24,25)29-17;/h4-7,10-12,27H,8-9H2,1-3H3,(H,26,28);1H. The fourth-order valence-electron chi connectivity index (χ4n) is 3.88. The van der Waals surface area contributed by atoms with Gasteiger partial charge in [0.15, 0.2) is 11.5 Å². The zero-order valence-corrected chi connectivity index (χ0v) is 16.9. The number of amides is 1. The molecule has 5 nitrogen and oxygen atoms in total. The summed E-state index contributed by atoms with van der Waals surface area (Å²) in [4.78, 5) is 16.5. The molecule has 0 radical (unpaired) electrons. The van der Waals surface area contributed by atoms with Gasteiger partial charge >= 0.3 is 6.29 Å². The fraction of sp³-hybridized carbons (Fsp3) is 0.348. The number of carbonyl (C=O) groups excluding carboxylic acids is 1. The molecule has 1 fully saturated rings. The number of alkyl halides is 2. The van der Waals surface area contributed by atoms with Crippen molar-refractivity contribution in [2.24, 2.45) is 0 Å². The van der Waals surface area contributed by atoms with Crippen LogP contribution in [0.1, 0.15) is 46.3 Å². The molecule has 0 saturated heterocycles. The van der Waals surface area contributed by atoms with Gasteiger partial charge < -0.3 is 19.8 Å². The average molecular weight is 414 g/mol. The number of ether oxygens (including phenoxy) is 2. The molecule has 5 rings (SSSR count). The Balaban J connectivity index is 0.00000231. The molecular formula is C23H24F2N2O3. The molecule has 2 aliphatic rings. The van der Waals surface area contributed by atoms with E-state index in [0.29, 0.717) is 24.1 Å². The lowest BCUT2D eigenvalue weighted by Crippen LogP contribution is -2.27. The van der Waals surface area contributed by atoms with Gasteiger partial charge in [-0.15, -0.1) is 8.78 Å². The molecule has 158 valence electrons. The highest BCUT2D eigenvalue weighted by Gasteiger charge is 2.52. The Morgan fingerprint density at radius 3 is 2.50 bits per heavy atom.